The minimum atomic E-state index is -3.13. The molecule has 1 aromatic carbocycles. The van der Waals surface area contributed by atoms with E-state index in [-0.39, 0.29) is 0 Å². The first-order valence-corrected chi connectivity index (χ1v) is 6.39. The van der Waals surface area contributed by atoms with Crippen molar-refractivity contribution in [3.8, 4) is 5.75 Å². The fraction of sp³-hybridized carbons (Fsp3) is 0.400. The second kappa shape index (κ2) is 4.63. The molecule has 0 radical (unpaired) electrons. The number of hydrogen-bond donors (Lipinski definition) is 1. The summed E-state index contributed by atoms with van der Waals surface area (Å²) >= 11 is 0. The van der Waals surface area contributed by atoms with Crippen molar-refractivity contribution in [1.82, 2.24) is 4.72 Å². The Hall–Kier alpha value is -1.07. The molecule has 0 spiro atoms. The molecule has 84 valence electrons. The first-order chi connectivity index (χ1) is 6.92. The molecule has 5 heteroatoms. The molecule has 0 saturated heterocycles. The normalized spacial score (nSPS) is 11.4. The largest absolute Gasteiger partial charge is 0.496 e. The molecular formula is C10H15NO3S. The van der Waals surface area contributed by atoms with E-state index >= 15 is 0 Å². The summed E-state index contributed by atoms with van der Waals surface area (Å²) in [7, 11) is -1.52. The first kappa shape index (κ1) is 12.0. The molecule has 0 aromatic heterocycles. The minimum Gasteiger partial charge on any atom is -0.496 e. The van der Waals surface area contributed by atoms with Gasteiger partial charge in [-0.05, 0) is 24.1 Å². The van der Waals surface area contributed by atoms with Gasteiger partial charge in [0.1, 0.15) is 5.75 Å². The summed E-state index contributed by atoms with van der Waals surface area (Å²) in [4.78, 5) is 0. The van der Waals surface area contributed by atoms with Crippen LogP contribution in [0.3, 0.4) is 0 Å². The third-order valence-corrected chi connectivity index (χ3v) is 2.67. The van der Waals surface area contributed by atoms with Crippen molar-refractivity contribution in [2.75, 3.05) is 13.4 Å². The quantitative estimate of drug-likeness (QED) is 0.839. The van der Waals surface area contributed by atoms with E-state index in [4.69, 9.17) is 4.74 Å². The number of nitrogens with one attached hydrogen (secondary N) is 1. The number of aryl methyl sites for hydroxylation is 1. The van der Waals surface area contributed by atoms with E-state index in [9.17, 15) is 8.42 Å². The van der Waals surface area contributed by atoms with E-state index in [1.807, 2.05) is 25.1 Å². The standard InChI is InChI=1S/C10H15NO3S/c1-8-6-9(4-5-10(8)14-2)7-11-15(3,12)13/h4-6,11H,7H2,1-3H3. The summed E-state index contributed by atoms with van der Waals surface area (Å²) in [5, 5.41) is 0. The van der Waals surface area contributed by atoms with Crippen molar-refractivity contribution in [2.24, 2.45) is 0 Å². The van der Waals surface area contributed by atoms with E-state index in [1.165, 1.54) is 0 Å². The van der Waals surface area contributed by atoms with Gasteiger partial charge in [-0.1, -0.05) is 12.1 Å². The van der Waals surface area contributed by atoms with Crippen molar-refractivity contribution in [2.45, 2.75) is 13.5 Å². The van der Waals surface area contributed by atoms with Crippen LogP contribution in [0.4, 0.5) is 0 Å². The molecule has 0 bridgehead atoms. The Labute approximate surface area is 90.3 Å². The van der Waals surface area contributed by atoms with Crippen LogP contribution >= 0.6 is 0 Å². The molecule has 0 aliphatic heterocycles. The van der Waals surface area contributed by atoms with Gasteiger partial charge in [0.15, 0.2) is 0 Å². The summed E-state index contributed by atoms with van der Waals surface area (Å²) in [5.41, 5.74) is 1.91. The molecule has 15 heavy (non-hydrogen) atoms. The fourth-order valence-corrected chi connectivity index (χ4v) is 1.69. The van der Waals surface area contributed by atoms with Crippen molar-refractivity contribution in [1.29, 1.82) is 0 Å². The van der Waals surface area contributed by atoms with Crippen LogP contribution in [0.25, 0.3) is 0 Å². The highest BCUT2D eigenvalue weighted by molar-refractivity contribution is 7.88. The second-order valence-electron chi connectivity index (χ2n) is 3.40. The lowest BCUT2D eigenvalue weighted by atomic mass is 10.1. The van der Waals surface area contributed by atoms with Gasteiger partial charge in [0.25, 0.3) is 0 Å². The average molecular weight is 229 g/mol. The van der Waals surface area contributed by atoms with Crippen LogP contribution in [0.5, 0.6) is 5.75 Å². The third-order valence-electron chi connectivity index (χ3n) is 2.00. The van der Waals surface area contributed by atoms with Gasteiger partial charge in [0.05, 0.1) is 13.4 Å². The highest BCUT2D eigenvalue weighted by Gasteiger charge is 2.03. The SMILES string of the molecule is COc1ccc(CNS(C)(=O)=O)cc1C. The van der Waals surface area contributed by atoms with Gasteiger partial charge in [-0.25, -0.2) is 13.1 Å². The first-order valence-electron chi connectivity index (χ1n) is 4.50. The van der Waals surface area contributed by atoms with Crippen molar-refractivity contribution in [3.05, 3.63) is 29.3 Å². The van der Waals surface area contributed by atoms with E-state index < -0.39 is 10.0 Å². The van der Waals surface area contributed by atoms with E-state index in [1.54, 1.807) is 7.11 Å². The molecule has 1 N–H and O–H groups in total. The van der Waals surface area contributed by atoms with Crippen molar-refractivity contribution in [3.63, 3.8) is 0 Å². The van der Waals surface area contributed by atoms with Gasteiger partial charge in [-0.2, -0.15) is 0 Å². The molecule has 0 amide bonds. The number of methoxy groups -OCH3 is 1. The third kappa shape index (κ3) is 3.89. The van der Waals surface area contributed by atoms with Gasteiger partial charge in [0, 0.05) is 6.54 Å². The summed E-state index contributed by atoms with van der Waals surface area (Å²) in [6.45, 7) is 2.23. The molecule has 1 aromatic rings. The van der Waals surface area contributed by atoms with E-state index in [2.05, 4.69) is 4.72 Å². The number of rotatable bonds is 4. The summed E-state index contributed by atoms with van der Waals surface area (Å²) < 4.78 is 29.3. The lowest BCUT2D eigenvalue weighted by Crippen LogP contribution is -2.21. The molecule has 0 aliphatic rings. The maximum Gasteiger partial charge on any atom is 0.209 e. The molecule has 0 heterocycles. The maximum atomic E-state index is 10.9. The second-order valence-corrected chi connectivity index (χ2v) is 5.23. The average Bonchev–Trinajstić information content (AvgIpc) is 2.14. The van der Waals surface area contributed by atoms with Crippen LogP contribution in [0.15, 0.2) is 18.2 Å². The van der Waals surface area contributed by atoms with Crippen molar-refractivity contribution < 1.29 is 13.2 Å². The van der Waals surface area contributed by atoms with E-state index in [0.717, 1.165) is 23.1 Å². The van der Waals surface area contributed by atoms with Crippen LogP contribution in [0.2, 0.25) is 0 Å². The van der Waals surface area contributed by atoms with Crippen LogP contribution in [-0.2, 0) is 16.6 Å². The zero-order chi connectivity index (χ0) is 11.5. The zero-order valence-corrected chi connectivity index (χ0v) is 9.89. The Bertz CT molecular complexity index is 440. The summed E-state index contributed by atoms with van der Waals surface area (Å²) in [6.07, 6.45) is 1.14. The van der Waals surface area contributed by atoms with Crippen LogP contribution in [-0.4, -0.2) is 21.8 Å². The Morgan fingerprint density at radius 2 is 2.07 bits per heavy atom. The number of hydrogen-bond acceptors (Lipinski definition) is 3. The Morgan fingerprint density at radius 3 is 2.53 bits per heavy atom. The summed E-state index contributed by atoms with van der Waals surface area (Å²) in [5.74, 6) is 0.804. The van der Waals surface area contributed by atoms with Crippen molar-refractivity contribution >= 4 is 10.0 Å². The lowest BCUT2D eigenvalue weighted by molar-refractivity contribution is 0.411. The predicted octanol–water partition coefficient (Wildman–Crippen LogP) is 1.05. The molecular weight excluding hydrogens is 214 g/mol. The number of sulfonamides is 1. The van der Waals surface area contributed by atoms with Gasteiger partial charge in [0.2, 0.25) is 10.0 Å². The molecule has 4 nitrogen and oxygen atoms in total. The lowest BCUT2D eigenvalue weighted by Gasteiger charge is -2.07. The topological polar surface area (TPSA) is 55.4 Å². The van der Waals surface area contributed by atoms with Gasteiger partial charge >= 0.3 is 0 Å². The minimum absolute atomic E-state index is 0.309. The Kier molecular flexibility index (Phi) is 3.71. The molecule has 0 aliphatic carbocycles. The summed E-state index contributed by atoms with van der Waals surface area (Å²) in [6, 6.07) is 5.57. The maximum absolute atomic E-state index is 10.9. The van der Waals surface area contributed by atoms with Gasteiger partial charge in [-0.15, -0.1) is 0 Å². The van der Waals surface area contributed by atoms with Crippen LogP contribution in [0.1, 0.15) is 11.1 Å². The molecule has 0 unspecified atom stereocenters. The Balaban J connectivity index is 2.76. The van der Waals surface area contributed by atoms with Crippen LogP contribution in [0, 0.1) is 6.92 Å². The zero-order valence-electron chi connectivity index (χ0n) is 9.07. The fourth-order valence-electron chi connectivity index (χ4n) is 1.26. The molecule has 1 rings (SSSR count). The number of benzene rings is 1. The highest BCUT2D eigenvalue weighted by Crippen LogP contribution is 2.18. The molecule has 0 saturated carbocycles. The monoisotopic (exact) mass is 229 g/mol. The van der Waals surface area contributed by atoms with Gasteiger partial charge in [-0.3, -0.25) is 0 Å². The molecule has 0 fully saturated rings. The smallest absolute Gasteiger partial charge is 0.209 e. The Morgan fingerprint density at radius 1 is 1.40 bits per heavy atom. The van der Waals surface area contributed by atoms with Crippen LogP contribution < -0.4 is 9.46 Å². The predicted molar refractivity (Wildman–Crippen MR) is 59.4 cm³/mol. The highest BCUT2D eigenvalue weighted by atomic mass is 32.2. The van der Waals surface area contributed by atoms with E-state index in [0.29, 0.717) is 6.54 Å². The number of ether oxygens (including phenoxy) is 1. The molecule has 0 atom stereocenters. The van der Waals surface area contributed by atoms with Gasteiger partial charge < -0.3 is 4.74 Å².